The zero-order valence-electron chi connectivity index (χ0n) is 16.9. The highest BCUT2D eigenvalue weighted by atomic mass is 19.4. The maximum absolute atomic E-state index is 12.9. The van der Waals surface area contributed by atoms with Gasteiger partial charge in [0.2, 0.25) is 0 Å². The molecule has 0 radical (unpaired) electrons. The molecule has 1 saturated heterocycles. The Labute approximate surface area is 169 Å². The summed E-state index contributed by atoms with van der Waals surface area (Å²) in [5.74, 6) is -16.8. The van der Waals surface area contributed by atoms with Crippen LogP contribution >= 0.6 is 0 Å². The van der Waals surface area contributed by atoms with Gasteiger partial charge >= 0.3 is 6.18 Å². The van der Waals surface area contributed by atoms with Crippen molar-refractivity contribution in [1.29, 1.82) is 0 Å². The first kappa shape index (κ1) is 28.8. The molecule has 30 heavy (non-hydrogen) atoms. The second-order valence-electron chi connectivity index (χ2n) is 8.11. The summed E-state index contributed by atoms with van der Waals surface area (Å²) in [5.41, 5.74) is 0. The van der Waals surface area contributed by atoms with Crippen molar-refractivity contribution in [2.24, 2.45) is 0 Å². The molecule has 0 spiro atoms. The van der Waals surface area contributed by atoms with Crippen LogP contribution in [0.2, 0.25) is 0 Å². The number of aliphatic carboxylic acids is 1. The van der Waals surface area contributed by atoms with Crippen LogP contribution in [-0.4, -0.2) is 61.1 Å². The molecule has 0 atom stereocenters. The number of halogens is 9. The van der Waals surface area contributed by atoms with Gasteiger partial charge in [-0.25, -0.2) is 26.3 Å². The molecule has 3 nitrogen and oxygen atoms in total. The molecular weight excluding hydrogens is 433 g/mol. The van der Waals surface area contributed by atoms with Gasteiger partial charge in [-0.2, -0.15) is 13.2 Å². The zero-order valence-corrected chi connectivity index (χ0v) is 16.9. The molecule has 1 aliphatic rings. The van der Waals surface area contributed by atoms with Gasteiger partial charge in [-0.3, -0.25) is 0 Å². The minimum absolute atomic E-state index is 1.36. The normalized spacial score (nSPS) is 17.4. The Bertz CT molecular complexity index is 530. The number of carboxylic acids is 1. The quantitative estimate of drug-likeness (QED) is 0.347. The molecule has 0 amide bonds. The topological polar surface area (TPSA) is 40.1 Å². The summed E-state index contributed by atoms with van der Waals surface area (Å²) in [5, 5.41) is 9.84. The number of quaternary nitrogens is 1. The molecule has 0 bridgehead atoms. The molecule has 1 aliphatic heterocycles. The van der Waals surface area contributed by atoms with E-state index >= 15 is 0 Å². The average molecular weight is 461 g/mol. The highest BCUT2D eigenvalue weighted by molar-refractivity contribution is 5.65. The van der Waals surface area contributed by atoms with Crippen molar-refractivity contribution in [2.45, 2.75) is 82.2 Å². The zero-order chi connectivity index (χ0) is 23.9. The first-order chi connectivity index (χ1) is 13.3. The van der Waals surface area contributed by atoms with Crippen LogP contribution in [0.1, 0.15) is 58.3 Å². The number of carbonyl (C=O) groups excluding carboxylic acids is 1. The van der Waals surface area contributed by atoms with Gasteiger partial charge < -0.3 is 14.4 Å². The average Bonchev–Trinajstić information content (AvgIpc) is 2.86. The molecule has 180 valence electrons. The van der Waals surface area contributed by atoms with E-state index in [0.717, 1.165) is 0 Å². The van der Waals surface area contributed by atoms with E-state index < -0.39 is 55.6 Å². The third-order valence-corrected chi connectivity index (χ3v) is 4.59. The predicted octanol–water partition coefficient (Wildman–Crippen LogP) is 4.79. The molecule has 0 unspecified atom stereocenters. The lowest BCUT2D eigenvalue weighted by atomic mass is 9.99. The minimum Gasteiger partial charge on any atom is -0.550 e. The predicted molar refractivity (Wildman–Crippen MR) is 89.3 cm³/mol. The van der Waals surface area contributed by atoms with Crippen LogP contribution in [0.5, 0.6) is 0 Å². The van der Waals surface area contributed by atoms with Crippen LogP contribution in [0.3, 0.4) is 0 Å². The van der Waals surface area contributed by atoms with Crippen molar-refractivity contribution in [3.8, 4) is 0 Å². The number of alkyl halides is 9. The van der Waals surface area contributed by atoms with Crippen LogP contribution < -0.4 is 5.11 Å². The maximum atomic E-state index is 12.9. The molecule has 0 saturated carbocycles. The number of rotatable bonds is 10. The number of nitrogens with zero attached hydrogens (tertiary/aromatic N) is 1. The fourth-order valence-corrected chi connectivity index (χ4v) is 3.31. The van der Waals surface area contributed by atoms with Crippen molar-refractivity contribution in [3.05, 3.63) is 0 Å². The molecule has 0 aromatic carbocycles. The Balaban J connectivity index is 0.000000696. The van der Waals surface area contributed by atoms with Gasteiger partial charge in [-0.1, -0.05) is 13.3 Å². The van der Waals surface area contributed by atoms with E-state index in [-0.39, 0.29) is 0 Å². The molecule has 0 N–H and O–H groups in total. The Morgan fingerprint density at radius 3 is 1.67 bits per heavy atom. The fourth-order valence-electron chi connectivity index (χ4n) is 3.31. The molecule has 1 fully saturated rings. The first-order valence-electron chi connectivity index (χ1n) is 9.54. The number of hydrogen-bond donors (Lipinski definition) is 0. The molecule has 0 aromatic heterocycles. The van der Waals surface area contributed by atoms with Crippen molar-refractivity contribution < 1.29 is 53.9 Å². The van der Waals surface area contributed by atoms with E-state index in [1.165, 1.54) is 49.8 Å². The Hall–Kier alpha value is -1.20. The second-order valence-corrected chi connectivity index (χ2v) is 8.11. The van der Waals surface area contributed by atoms with Crippen LogP contribution in [-0.2, 0) is 4.79 Å². The van der Waals surface area contributed by atoms with Crippen molar-refractivity contribution in [2.75, 3.05) is 26.7 Å². The van der Waals surface area contributed by atoms with E-state index in [1.54, 1.807) is 0 Å². The summed E-state index contributed by atoms with van der Waals surface area (Å²) < 4.78 is 113. The monoisotopic (exact) mass is 461 g/mol. The highest BCUT2D eigenvalue weighted by Gasteiger charge is 2.53. The highest BCUT2D eigenvalue weighted by Crippen LogP contribution is 2.43. The van der Waals surface area contributed by atoms with Gasteiger partial charge in [0, 0.05) is 18.8 Å². The molecule has 0 aromatic rings. The lowest BCUT2D eigenvalue weighted by Crippen LogP contribution is -2.41. The van der Waals surface area contributed by atoms with Gasteiger partial charge in [0.15, 0.2) is 0 Å². The van der Waals surface area contributed by atoms with Crippen LogP contribution in [0.25, 0.3) is 0 Å². The molecular formula is C18H28F9NO2. The van der Waals surface area contributed by atoms with Crippen molar-refractivity contribution in [1.82, 2.24) is 0 Å². The summed E-state index contributed by atoms with van der Waals surface area (Å²) in [6.07, 6.45) is -10.2. The minimum atomic E-state index is -5.45. The summed E-state index contributed by atoms with van der Waals surface area (Å²) in [6, 6.07) is 0. The lowest BCUT2D eigenvalue weighted by molar-refractivity contribution is -0.897. The Kier molecular flexibility index (Phi) is 10.5. The van der Waals surface area contributed by atoms with E-state index in [0.29, 0.717) is 0 Å². The molecule has 1 rings (SSSR count). The molecule has 12 heteroatoms. The van der Waals surface area contributed by atoms with Gasteiger partial charge in [-0.05, 0) is 6.42 Å². The van der Waals surface area contributed by atoms with E-state index in [2.05, 4.69) is 14.0 Å². The van der Waals surface area contributed by atoms with Crippen LogP contribution in [0.4, 0.5) is 39.5 Å². The van der Waals surface area contributed by atoms with Crippen LogP contribution in [0.15, 0.2) is 0 Å². The smallest absolute Gasteiger partial charge is 0.394 e. The van der Waals surface area contributed by atoms with E-state index in [9.17, 15) is 49.4 Å². The summed E-state index contributed by atoms with van der Waals surface area (Å²) >= 11 is 0. The number of carbonyl (C=O) groups is 1. The van der Waals surface area contributed by atoms with Crippen molar-refractivity contribution >= 4 is 5.97 Å². The maximum Gasteiger partial charge on any atom is 0.394 e. The summed E-state index contributed by atoms with van der Waals surface area (Å²) in [7, 11) is 2.41. The van der Waals surface area contributed by atoms with E-state index in [1.807, 2.05) is 0 Å². The largest absolute Gasteiger partial charge is 0.550 e. The number of likely N-dealkylation sites (tertiary alicyclic amines) is 1. The third kappa shape index (κ3) is 13.9. The Morgan fingerprint density at radius 2 is 1.27 bits per heavy atom. The van der Waals surface area contributed by atoms with Gasteiger partial charge in [-0.15, -0.1) is 0 Å². The second kappa shape index (κ2) is 10.9. The molecule has 1 heterocycles. The fraction of sp³-hybridized carbons (Fsp3) is 0.944. The van der Waals surface area contributed by atoms with Gasteiger partial charge in [0.25, 0.3) is 17.8 Å². The molecule has 0 aliphatic carbocycles. The third-order valence-electron chi connectivity index (χ3n) is 4.59. The Morgan fingerprint density at radius 1 is 0.833 bits per heavy atom. The standard InChI is InChI=1S/C9H9F9O2.C9H20N/c10-6(11,1-5(19)20)2-7(12,13)3-8(14,15)4-9(16,17)18;1-3-4-7-10(2)8-5-6-9-10/h1-4H2,(H,19,20);3-9H2,1-2H3/q;+1/p-1. The number of carboxylic acid groups (broad SMARTS) is 1. The first-order valence-corrected chi connectivity index (χ1v) is 9.54. The van der Waals surface area contributed by atoms with Crippen LogP contribution in [0, 0.1) is 0 Å². The number of hydrogen-bond acceptors (Lipinski definition) is 2. The van der Waals surface area contributed by atoms with E-state index in [4.69, 9.17) is 0 Å². The lowest BCUT2D eigenvalue weighted by Gasteiger charge is -2.28. The van der Waals surface area contributed by atoms with Crippen molar-refractivity contribution in [3.63, 3.8) is 0 Å². The SMILES string of the molecule is CCCC[N+]1(C)CCCC1.O=C([O-])CC(F)(F)CC(F)(F)CC(F)(F)CC(F)(F)F. The summed E-state index contributed by atoms with van der Waals surface area (Å²) in [6.45, 7) is 6.55. The van der Waals surface area contributed by atoms with Gasteiger partial charge in [0.1, 0.15) is 6.42 Å². The van der Waals surface area contributed by atoms with Gasteiger partial charge in [0.05, 0.1) is 45.9 Å². The number of unbranched alkanes of at least 4 members (excludes halogenated alkanes) is 1. The summed E-state index contributed by atoms with van der Waals surface area (Å²) in [4.78, 5) is 9.84.